The number of nitrogens with zero attached hydrogens (tertiary/aromatic N) is 3. The zero-order chi connectivity index (χ0) is 18.0. The quantitative estimate of drug-likeness (QED) is 0.871. The van der Waals surface area contributed by atoms with Crippen molar-refractivity contribution in [3.05, 3.63) is 29.4 Å². The lowest BCUT2D eigenvalue weighted by atomic mass is 10.1. The van der Waals surface area contributed by atoms with Crippen LogP contribution in [0.15, 0.2) is 24.3 Å². The molecule has 0 bridgehead atoms. The van der Waals surface area contributed by atoms with Crippen LogP contribution in [0.4, 0.5) is 10.6 Å². The van der Waals surface area contributed by atoms with Crippen molar-refractivity contribution in [1.29, 1.82) is 0 Å². The standard InChI is InChI=1S/C18H23ClN4O2/c1-18(2,3)25-17(24)23-10-6-7-12(11-23)20-16-15(19)21-13-8-4-5-9-14(13)22-16/h4-5,8-9,12H,6-7,10-11H2,1-3H3,(H,20,22). The predicted octanol–water partition coefficient (Wildman–Crippen LogP) is 4.09. The third kappa shape index (κ3) is 4.51. The average molecular weight is 363 g/mol. The van der Waals surface area contributed by atoms with Crippen molar-refractivity contribution in [2.45, 2.75) is 45.3 Å². The molecule has 1 aliphatic heterocycles. The highest BCUT2D eigenvalue weighted by atomic mass is 35.5. The molecule has 0 aliphatic carbocycles. The van der Waals surface area contributed by atoms with E-state index in [0.717, 1.165) is 23.9 Å². The second-order valence-electron chi connectivity index (χ2n) is 7.26. The van der Waals surface area contributed by atoms with Crippen LogP contribution < -0.4 is 5.32 Å². The molecule has 1 aromatic heterocycles. The molecule has 1 atom stereocenters. The Morgan fingerprint density at radius 3 is 2.64 bits per heavy atom. The highest BCUT2D eigenvalue weighted by Crippen LogP contribution is 2.24. The maximum absolute atomic E-state index is 12.3. The molecule has 1 saturated heterocycles. The number of carbonyl (C=O) groups is 1. The number of benzene rings is 1. The van der Waals surface area contributed by atoms with Gasteiger partial charge in [-0.2, -0.15) is 0 Å². The number of para-hydroxylation sites is 2. The molecule has 3 rings (SSSR count). The number of ether oxygens (including phenoxy) is 1. The van der Waals surface area contributed by atoms with Gasteiger partial charge in [0.1, 0.15) is 5.60 Å². The minimum absolute atomic E-state index is 0.0641. The van der Waals surface area contributed by atoms with Gasteiger partial charge in [0, 0.05) is 19.1 Å². The molecule has 1 fully saturated rings. The fourth-order valence-electron chi connectivity index (χ4n) is 2.85. The van der Waals surface area contributed by atoms with E-state index in [0.29, 0.717) is 24.1 Å². The number of anilines is 1. The molecule has 1 unspecified atom stereocenters. The number of halogens is 1. The summed E-state index contributed by atoms with van der Waals surface area (Å²) in [7, 11) is 0. The van der Waals surface area contributed by atoms with Gasteiger partial charge in [-0.25, -0.2) is 14.8 Å². The van der Waals surface area contributed by atoms with Crippen molar-refractivity contribution < 1.29 is 9.53 Å². The number of rotatable bonds is 2. The van der Waals surface area contributed by atoms with Gasteiger partial charge in [-0.1, -0.05) is 23.7 Å². The predicted molar refractivity (Wildman–Crippen MR) is 99.0 cm³/mol. The topological polar surface area (TPSA) is 67.3 Å². The van der Waals surface area contributed by atoms with Gasteiger partial charge < -0.3 is 15.0 Å². The Bertz CT molecular complexity index is 775. The van der Waals surface area contributed by atoms with E-state index in [1.165, 1.54) is 0 Å². The van der Waals surface area contributed by atoms with Gasteiger partial charge in [-0.3, -0.25) is 0 Å². The number of aromatic nitrogens is 2. The Morgan fingerprint density at radius 2 is 1.96 bits per heavy atom. The molecule has 7 heteroatoms. The van der Waals surface area contributed by atoms with Gasteiger partial charge in [0.2, 0.25) is 0 Å². The third-order valence-corrected chi connectivity index (χ3v) is 4.21. The van der Waals surface area contributed by atoms with Crippen LogP contribution >= 0.6 is 11.6 Å². The fourth-order valence-corrected chi connectivity index (χ4v) is 3.04. The number of hydrogen-bond donors (Lipinski definition) is 1. The van der Waals surface area contributed by atoms with Crippen LogP contribution in [0.25, 0.3) is 11.0 Å². The molecule has 1 aromatic carbocycles. The van der Waals surface area contributed by atoms with Gasteiger partial charge in [-0.05, 0) is 45.7 Å². The zero-order valence-electron chi connectivity index (χ0n) is 14.8. The van der Waals surface area contributed by atoms with Crippen molar-refractivity contribution >= 4 is 34.5 Å². The van der Waals surface area contributed by atoms with Gasteiger partial charge in [-0.15, -0.1) is 0 Å². The summed E-state index contributed by atoms with van der Waals surface area (Å²) in [4.78, 5) is 22.9. The summed E-state index contributed by atoms with van der Waals surface area (Å²) in [5.41, 5.74) is 1.05. The monoisotopic (exact) mass is 362 g/mol. The van der Waals surface area contributed by atoms with Gasteiger partial charge >= 0.3 is 6.09 Å². The largest absolute Gasteiger partial charge is 0.444 e. The molecule has 2 heterocycles. The second kappa shape index (κ2) is 7.04. The number of likely N-dealkylation sites (tertiary alicyclic amines) is 1. The number of piperidine rings is 1. The second-order valence-corrected chi connectivity index (χ2v) is 7.62. The first-order valence-corrected chi connectivity index (χ1v) is 8.86. The molecule has 25 heavy (non-hydrogen) atoms. The summed E-state index contributed by atoms with van der Waals surface area (Å²) < 4.78 is 5.46. The van der Waals surface area contributed by atoms with Crippen LogP contribution in [0.5, 0.6) is 0 Å². The smallest absolute Gasteiger partial charge is 0.410 e. The minimum Gasteiger partial charge on any atom is -0.444 e. The Balaban J connectivity index is 1.70. The highest BCUT2D eigenvalue weighted by molar-refractivity contribution is 6.32. The molecule has 0 saturated carbocycles. The number of carbonyl (C=O) groups excluding carboxylic acids is 1. The summed E-state index contributed by atoms with van der Waals surface area (Å²) in [6, 6.07) is 7.66. The van der Waals surface area contributed by atoms with Gasteiger partial charge in [0.25, 0.3) is 0 Å². The lowest BCUT2D eigenvalue weighted by Gasteiger charge is -2.34. The van der Waals surface area contributed by atoms with E-state index in [9.17, 15) is 4.79 Å². The number of amides is 1. The molecule has 0 radical (unpaired) electrons. The van der Waals surface area contributed by atoms with E-state index in [-0.39, 0.29) is 12.1 Å². The maximum Gasteiger partial charge on any atom is 0.410 e. The van der Waals surface area contributed by atoms with Crippen LogP contribution in [0.3, 0.4) is 0 Å². The first kappa shape index (κ1) is 17.7. The average Bonchev–Trinajstić information content (AvgIpc) is 2.54. The van der Waals surface area contributed by atoms with E-state index < -0.39 is 5.60 Å². The Hall–Kier alpha value is -2.08. The molecule has 1 aliphatic rings. The Morgan fingerprint density at radius 1 is 1.28 bits per heavy atom. The third-order valence-electron chi connectivity index (χ3n) is 3.94. The fraction of sp³-hybridized carbons (Fsp3) is 0.500. The van der Waals surface area contributed by atoms with Crippen molar-refractivity contribution in [3.8, 4) is 0 Å². The Kier molecular flexibility index (Phi) is 4.99. The van der Waals surface area contributed by atoms with Crippen LogP contribution in [0.1, 0.15) is 33.6 Å². The Labute approximate surface area is 152 Å². The molecule has 134 valence electrons. The van der Waals surface area contributed by atoms with Crippen LogP contribution in [-0.2, 0) is 4.74 Å². The first-order chi connectivity index (χ1) is 11.8. The summed E-state index contributed by atoms with van der Waals surface area (Å²) in [5, 5.41) is 3.67. The minimum atomic E-state index is -0.495. The van der Waals surface area contributed by atoms with E-state index in [2.05, 4.69) is 15.3 Å². The van der Waals surface area contributed by atoms with Gasteiger partial charge in [0.15, 0.2) is 11.0 Å². The van der Waals surface area contributed by atoms with Crippen molar-refractivity contribution in [3.63, 3.8) is 0 Å². The molecule has 1 amide bonds. The molecule has 6 nitrogen and oxygen atoms in total. The van der Waals surface area contributed by atoms with E-state index >= 15 is 0 Å². The maximum atomic E-state index is 12.3. The van der Waals surface area contributed by atoms with Crippen LogP contribution in [0, 0.1) is 0 Å². The summed E-state index contributed by atoms with van der Waals surface area (Å²) in [6.45, 7) is 6.86. The lowest BCUT2D eigenvalue weighted by Crippen LogP contribution is -2.47. The summed E-state index contributed by atoms with van der Waals surface area (Å²) >= 11 is 6.27. The van der Waals surface area contributed by atoms with E-state index in [1.54, 1.807) is 4.90 Å². The molecule has 0 spiro atoms. The SMILES string of the molecule is CC(C)(C)OC(=O)N1CCCC(Nc2nc3ccccc3nc2Cl)C1. The van der Waals surface area contributed by atoms with Crippen molar-refractivity contribution in [2.24, 2.45) is 0 Å². The molecule has 2 aromatic rings. The number of nitrogens with one attached hydrogen (secondary N) is 1. The van der Waals surface area contributed by atoms with E-state index in [4.69, 9.17) is 16.3 Å². The number of fused-ring (bicyclic) bond motifs is 1. The molecule has 1 N–H and O–H groups in total. The van der Waals surface area contributed by atoms with Gasteiger partial charge in [0.05, 0.1) is 11.0 Å². The number of hydrogen-bond acceptors (Lipinski definition) is 5. The van der Waals surface area contributed by atoms with Crippen LogP contribution in [-0.4, -0.2) is 45.7 Å². The molecular formula is C18H23ClN4O2. The lowest BCUT2D eigenvalue weighted by molar-refractivity contribution is 0.0206. The van der Waals surface area contributed by atoms with Crippen molar-refractivity contribution in [2.75, 3.05) is 18.4 Å². The normalized spacial score (nSPS) is 18.2. The first-order valence-electron chi connectivity index (χ1n) is 8.48. The van der Waals surface area contributed by atoms with Crippen molar-refractivity contribution in [1.82, 2.24) is 14.9 Å². The molecular weight excluding hydrogens is 340 g/mol. The summed E-state index contributed by atoms with van der Waals surface area (Å²) in [6.07, 6.45) is 1.55. The van der Waals surface area contributed by atoms with E-state index in [1.807, 2.05) is 45.0 Å². The zero-order valence-corrected chi connectivity index (χ0v) is 15.5. The van der Waals surface area contributed by atoms with Crippen LogP contribution in [0.2, 0.25) is 5.15 Å². The highest BCUT2D eigenvalue weighted by Gasteiger charge is 2.28. The summed E-state index contributed by atoms with van der Waals surface area (Å²) in [5.74, 6) is 0.552.